The Morgan fingerprint density at radius 2 is 1.50 bits per heavy atom. The highest BCUT2D eigenvalue weighted by Gasteiger charge is 2.42. The number of allylic oxidation sites excluding steroid dienone is 1. The molecule has 2 nitrogen and oxygen atoms in total. The number of aryl methyl sites for hydroxylation is 1. The van der Waals surface area contributed by atoms with Gasteiger partial charge in [0.05, 0.1) is 12.7 Å². The lowest BCUT2D eigenvalue weighted by Crippen LogP contribution is -2.18. The number of esters is 1. The van der Waals surface area contributed by atoms with Crippen LogP contribution in [0.15, 0.2) is 36.4 Å². The van der Waals surface area contributed by atoms with E-state index >= 15 is 0 Å². The molecule has 2 aromatic rings. The highest BCUT2D eigenvalue weighted by atomic mass is 16.5. The first-order valence-corrected chi connectivity index (χ1v) is 13.1. The first-order valence-electron chi connectivity index (χ1n) is 13.1. The summed E-state index contributed by atoms with van der Waals surface area (Å²) in [4.78, 5) is 11.8. The molecule has 0 radical (unpaired) electrons. The Labute approximate surface area is 207 Å². The van der Waals surface area contributed by atoms with Crippen LogP contribution in [0, 0.1) is 0 Å². The first-order chi connectivity index (χ1) is 16.1. The molecule has 0 unspecified atom stereocenters. The number of carbonyl (C=O) groups is 1. The Hall–Kier alpha value is -2.35. The second-order valence-corrected chi connectivity index (χ2v) is 11.5. The Morgan fingerprint density at radius 3 is 2.12 bits per heavy atom. The Kier molecular flexibility index (Phi) is 8.44. The zero-order chi connectivity index (χ0) is 24.9. The van der Waals surface area contributed by atoms with Crippen LogP contribution in [0.25, 0.3) is 11.6 Å². The van der Waals surface area contributed by atoms with E-state index in [2.05, 4.69) is 59.8 Å². The molecule has 1 aliphatic carbocycles. The maximum absolute atomic E-state index is 11.8. The van der Waals surface area contributed by atoms with Crippen molar-refractivity contribution in [2.75, 3.05) is 7.11 Å². The molecule has 184 valence electrons. The van der Waals surface area contributed by atoms with Gasteiger partial charge >= 0.3 is 5.97 Å². The molecule has 0 fully saturated rings. The third-order valence-electron chi connectivity index (χ3n) is 7.52. The zero-order valence-electron chi connectivity index (χ0n) is 22.5. The number of methoxy groups -OCH3 is 1. The van der Waals surface area contributed by atoms with Crippen molar-refractivity contribution in [3.05, 3.63) is 69.8 Å². The molecule has 0 amide bonds. The lowest BCUT2D eigenvalue weighted by molar-refractivity contribution is 0.0600. The quantitative estimate of drug-likeness (QED) is 0.201. The van der Waals surface area contributed by atoms with Crippen molar-refractivity contribution in [3.63, 3.8) is 0 Å². The van der Waals surface area contributed by atoms with Gasteiger partial charge in [-0.25, -0.2) is 4.79 Å². The highest BCUT2D eigenvalue weighted by Crippen LogP contribution is 2.50. The summed E-state index contributed by atoms with van der Waals surface area (Å²) in [7, 11) is 1.42. The summed E-state index contributed by atoms with van der Waals surface area (Å²) in [5.41, 5.74) is 9.30. The molecule has 0 heterocycles. The number of ether oxygens (including phenoxy) is 1. The maximum atomic E-state index is 11.8. The van der Waals surface area contributed by atoms with E-state index in [1.165, 1.54) is 79.9 Å². The summed E-state index contributed by atoms with van der Waals surface area (Å²) >= 11 is 0. The molecule has 0 aromatic heterocycles. The van der Waals surface area contributed by atoms with E-state index in [1.807, 2.05) is 24.3 Å². The minimum atomic E-state index is -0.294. The average Bonchev–Trinajstić information content (AvgIpc) is 2.98. The Morgan fingerprint density at radius 1 is 0.912 bits per heavy atom. The average molecular weight is 461 g/mol. The first kappa shape index (κ1) is 26.3. The van der Waals surface area contributed by atoms with E-state index in [0.29, 0.717) is 5.56 Å². The minimum Gasteiger partial charge on any atom is -0.465 e. The summed E-state index contributed by atoms with van der Waals surface area (Å²) in [6, 6.07) is 12.7. The zero-order valence-corrected chi connectivity index (χ0v) is 22.5. The number of hydrogen-bond acceptors (Lipinski definition) is 2. The largest absolute Gasteiger partial charge is 0.465 e. The van der Waals surface area contributed by atoms with Crippen LogP contribution in [0.5, 0.6) is 0 Å². The molecule has 34 heavy (non-hydrogen) atoms. The fourth-order valence-corrected chi connectivity index (χ4v) is 5.89. The van der Waals surface area contributed by atoms with Gasteiger partial charge in [-0.2, -0.15) is 0 Å². The molecule has 2 aromatic carbocycles. The van der Waals surface area contributed by atoms with Crippen molar-refractivity contribution < 1.29 is 9.53 Å². The van der Waals surface area contributed by atoms with Crippen LogP contribution >= 0.6 is 0 Å². The molecule has 3 rings (SSSR count). The highest BCUT2D eigenvalue weighted by molar-refractivity contribution is 5.90. The van der Waals surface area contributed by atoms with Crippen LogP contribution in [-0.4, -0.2) is 13.1 Å². The molecule has 0 N–H and O–H groups in total. The second kappa shape index (κ2) is 10.9. The maximum Gasteiger partial charge on any atom is 0.337 e. The number of fused-ring (bicyclic) bond motifs is 1. The van der Waals surface area contributed by atoms with Crippen molar-refractivity contribution >= 4 is 17.6 Å². The molecular formula is C32H44O2. The van der Waals surface area contributed by atoms with Crippen molar-refractivity contribution in [1.82, 2.24) is 0 Å². The van der Waals surface area contributed by atoms with E-state index in [-0.39, 0.29) is 16.8 Å². The van der Waals surface area contributed by atoms with Gasteiger partial charge in [-0.15, -0.1) is 0 Å². The Balaban J connectivity index is 1.93. The molecule has 0 atom stereocenters. The SMILES string of the molecule is CCCCCCCCc1cc2c(cc1/C(C)=C/c1ccc(C(=O)OC)cc1)C(C)(C)CC2(C)C. The number of benzene rings is 2. The summed E-state index contributed by atoms with van der Waals surface area (Å²) in [6.45, 7) is 14.1. The van der Waals surface area contributed by atoms with Gasteiger partial charge < -0.3 is 4.74 Å². The van der Waals surface area contributed by atoms with Crippen LogP contribution in [-0.2, 0) is 22.0 Å². The van der Waals surface area contributed by atoms with Crippen LogP contribution in [0.3, 0.4) is 0 Å². The molecule has 0 saturated heterocycles. The summed E-state index contributed by atoms with van der Waals surface area (Å²) in [5, 5.41) is 0. The van der Waals surface area contributed by atoms with Gasteiger partial charge in [-0.1, -0.05) is 97.1 Å². The molecule has 0 spiro atoms. The number of rotatable bonds is 10. The van der Waals surface area contributed by atoms with Gasteiger partial charge in [0.15, 0.2) is 0 Å². The van der Waals surface area contributed by atoms with E-state index < -0.39 is 0 Å². The van der Waals surface area contributed by atoms with Gasteiger partial charge in [-0.05, 0) is 82.5 Å². The monoisotopic (exact) mass is 460 g/mol. The molecule has 0 aliphatic heterocycles. The van der Waals surface area contributed by atoms with Crippen LogP contribution in [0.2, 0.25) is 0 Å². The number of carbonyl (C=O) groups excluding carboxylic acids is 1. The third kappa shape index (κ3) is 6.01. The van der Waals surface area contributed by atoms with E-state index in [0.717, 1.165) is 12.0 Å². The van der Waals surface area contributed by atoms with Crippen molar-refractivity contribution in [1.29, 1.82) is 0 Å². The predicted octanol–water partition coefficient (Wildman–Crippen LogP) is 8.90. The summed E-state index contributed by atoms with van der Waals surface area (Å²) in [6.07, 6.45) is 12.5. The fourth-order valence-electron chi connectivity index (χ4n) is 5.89. The van der Waals surface area contributed by atoms with Crippen LogP contribution < -0.4 is 0 Å². The lowest BCUT2D eigenvalue weighted by Gasteiger charge is -2.22. The molecule has 2 heteroatoms. The number of hydrogen-bond donors (Lipinski definition) is 0. The molecule has 0 saturated carbocycles. The summed E-state index contributed by atoms with van der Waals surface area (Å²) in [5.74, 6) is -0.294. The fraction of sp³-hybridized carbons (Fsp3) is 0.531. The minimum absolute atomic E-state index is 0.189. The van der Waals surface area contributed by atoms with Gasteiger partial charge in [0.2, 0.25) is 0 Å². The molecule has 1 aliphatic rings. The molecular weight excluding hydrogens is 416 g/mol. The van der Waals surface area contributed by atoms with Crippen molar-refractivity contribution in [2.45, 2.75) is 104 Å². The Bertz CT molecular complexity index is 1020. The van der Waals surface area contributed by atoms with E-state index in [4.69, 9.17) is 4.74 Å². The van der Waals surface area contributed by atoms with Crippen molar-refractivity contribution in [2.24, 2.45) is 0 Å². The van der Waals surface area contributed by atoms with Gasteiger partial charge in [-0.3, -0.25) is 0 Å². The predicted molar refractivity (Wildman–Crippen MR) is 146 cm³/mol. The van der Waals surface area contributed by atoms with E-state index in [9.17, 15) is 4.79 Å². The molecule has 0 bridgehead atoms. The third-order valence-corrected chi connectivity index (χ3v) is 7.52. The normalized spacial score (nSPS) is 16.4. The van der Waals surface area contributed by atoms with Crippen molar-refractivity contribution in [3.8, 4) is 0 Å². The second-order valence-electron chi connectivity index (χ2n) is 11.5. The van der Waals surface area contributed by atoms with Gasteiger partial charge in [0.25, 0.3) is 0 Å². The lowest BCUT2D eigenvalue weighted by atomic mass is 9.82. The summed E-state index contributed by atoms with van der Waals surface area (Å²) < 4.78 is 4.84. The smallest absolute Gasteiger partial charge is 0.337 e. The van der Waals surface area contributed by atoms with Gasteiger partial charge in [0, 0.05) is 0 Å². The number of unbranched alkanes of at least 4 members (excludes halogenated alkanes) is 5. The van der Waals surface area contributed by atoms with Crippen LogP contribution in [0.1, 0.15) is 125 Å². The topological polar surface area (TPSA) is 26.3 Å². The van der Waals surface area contributed by atoms with Gasteiger partial charge in [0.1, 0.15) is 0 Å². The van der Waals surface area contributed by atoms with E-state index in [1.54, 1.807) is 0 Å². The standard InChI is InChI=1S/C32H44O2/c1-8-9-10-11-12-13-14-26-20-28-29(32(5,6)22-31(28,3)4)21-27(26)23(2)19-24-15-17-25(18-16-24)30(33)34-7/h15-21H,8-14,22H2,1-7H3/b23-19+. The van der Waals surface area contributed by atoms with Crippen LogP contribution in [0.4, 0.5) is 0 Å².